The molecule has 1 aliphatic heterocycles. The summed E-state index contributed by atoms with van der Waals surface area (Å²) >= 11 is 1.59. The van der Waals surface area contributed by atoms with Gasteiger partial charge < -0.3 is 20.3 Å². The van der Waals surface area contributed by atoms with Crippen molar-refractivity contribution in [3.63, 3.8) is 0 Å². The lowest BCUT2D eigenvalue weighted by Crippen LogP contribution is -2.36. The monoisotopic (exact) mass is 307 g/mol. The van der Waals surface area contributed by atoms with Crippen LogP contribution in [0.15, 0.2) is 17.5 Å². The van der Waals surface area contributed by atoms with Gasteiger partial charge in [-0.05, 0) is 23.4 Å². The second-order valence-corrected chi connectivity index (χ2v) is 6.25. The molecular formula is C14H17N3O3S. The van der Waals surface area contributed by atoms with E-state index in [2.05, 4.69) is 10.3 Å². The quantitative estimate of drug-likeness (QED) is 0.799. The van der Waals surface area contributed by atoms with E-state index in [1.807, 2.05) is 17.5 Å². The molecule has 21 heavy (non-hydrogen) atoms. The summed E-state index contributed by atoms with van der Waals surface area (Å²) in [5.41, 5.74) is 1.55. The molecule has 2 aromatic heterocycles. The van der Waals surface area contributed by atoms with Gasteiger partial charge in [0.15, 0.2) is 0 Å². The van der Waals surface area contributed by atoms with Crippen molar-refractivity contribution in [3.05, 3.63) is 23.2 Å². The number of nitrogens with one attached hydrogen (secondary N) is 2. The Morgan fingerprint density at radius 2 is 2.33 bits per heavy atom. The summed E-state index contributed by atoms with van der Waals surface area (Å²) in [5.74, 6) is -0.931. The van der Waals surface area contributed by atoms with E-state index in [-0.39, 0.29) is 18.2 Å². The molecule has 7 heteroatoms. The smallest absolute Gasteiger partial charge is 0.303 e. The minimum atomic E-state index is -0.823. The van der Waals surface area contributed by atoms with Gasteiger partial charge in [0.1, 0.15) is 5.69 Å². The van der Waals surface area contributed by atoms with Crippen LogP contribution < -0.4 is 5.32 Å². The lowest BCUT2D eigenvalue weighted by molar-refractivity contribution is -0.138. The van der Waals surface area contributed by atoms with E-state index in [1.165, 1.54) is 0 Å². The van der Waals surface area contributed by atoms with E-state index in [9.17, 15) is 9.59 Å². The van der Waals surface area contributed by atoms with Crippen LogP contribution in [0.1, 0.15) is 16.9 Å². The first-order valence-corrected chi connectivity index (χ1v) is 7.79. The first-order valence-electron chi connectivity index (χ1n) is 6.91. The Bertz CT molecular complexity index is 635. The second kappa shape index (κ2) is 5.87. The number of H-pyrrole nitrogens is 1. The van der Waals surface area contributed by atoms with E-state index in [1.54, 1.807) is 16.2 Å². The number of amides is 1. The van der Waals surface area contributed by atoms with Crippen LogP contribution in [0.4, 0.5) is 0 Å². The van der Waals surface area contributed by atoms with E-state index >= 15 is 0 Å². The van der Waals surface area contributed by atoms with Gasteiger partial charge in [-0.1, -0.05) is 0 Å². The fourth-order valence-electron chi connectivity index (χ4n) is 2.69. The normalized spacial score (nSPS) is 19.6. The van der Waals surface area contributed by atoms with Crippen LogP contribution in [0.5, 0.6) is 0 Å². The largest absolute Gasteiger partial charge is 0.481 e. The molecule has 3 N–H and O–H groups in total. The number of fused-ring (bicyclic) bond motifs is 1. The number of rotatable bonds is 3. The number of aromatic amines is 1. The number of hydrogen-bond donors (Lipinski definition) is 3. The first-order chi connectivity index (χ1) is 10.1. The van der Waals surface area contributed by atoms with Gasteiger partial charge in [-0.2, -0.15) is 0 Å². The molecule has 6 nitrogen and oxygen atoms in total. The van der Waals surface area contributed by atoms with Crippen LogP contribution in [-0.2, 0) is 4.79 Å². The Morgan fingerprint density at radius 1 is 1.48 bits per heavy atom. The molecule has 1 saturated heterocycles. The minimum Gasteiger partial charge on any atom is -0.481 e. The summed E-state index contributed by atoms with van der Waals surface area (Å²) in [4.78, 5) is 28.3. The van der Waals surface area contributed by atoms with E-state index < -0.39 is 5.97 Å². The lowest BCUT2D eigenvalue weighted by Gasteiger charge is -2.22. The van der Waals surface area contributed by atoms with Crippen molar-refractivity contribution in [2.24, 2.45) is 5.92 Å². The predicted molar refractivity (Wildman–Crippen MR) is 80.7 cm³/mol. The molecule has 1 atom stereocenters. The molecule has 3 heterocycles. The molecule has 1 aliphatic rings. The number of hydrogen-bond acceptors (Lipinski definition) is 4. The zero-order chi connectivity index (χ0) is 14.8. The molecule has 0 bridgehead atoms. The molecule has 3 rings (SSSR count). The standard InChI is InChI=1S/C14H17N3O3S/c18-13(19)5-9-7-15-2-3-17(8-9)14(20)11-6-12-10(16-11)1-4-21-12/h1,4,6,9,15-16H,2-3,5,7-8H2,(H,18,19). The van der Waals surface area contributed by atoms with Crippen LogP contribution in [-0.4, -0.2) is 53.0 Å². The molecule has 2 aromatic rings. The molecule has 1 unspecified atom stereocenters. The maximum Gasteiger partial charge on any atom is 0.303 e. The van der Waals surface area contributed by atoms with E-state index in [0.717, 1.165) is 10.2 Å². The maximum atomic E-state index is 12.6. The van der Waals surface area contributed by atoms with Gasteiger partial charge in [0, 0.05) is 26.2 Å². The van der Waals surface area contributed by atoms with Crippen molar-refractivity contribution in [2.45, 2.75) is 6.42 Å². The average molecular weight is 307 g/mol. The molecule has 0 spiro atoms. The highest BCUT2D eigenvalue weighted by atomic mass is 32.1. The van der Waals surface area contributed by atoms with Gasteiger partial charge in [0.25, 0.3) is 5.91 Å². The Labute approximate surface area is 125 Å². The maximum absolute atomic E-state index is 12.6. The zero-order valence-electron chi connectivity index (χ0n) is 11.5. The minimum absolute atomic E-state index is 0.0509. The third-order valence-corrected chi connectivity index (χ3v) is 4.55. The molecule has 0 radical (unpaired) electrons. The number of carboxylic acids is 1. The molecule has 112 valence electrons. The number of aliphatic carboxylic acids is 1. The number of aromatic nitrogens is 1. The summed E-state index contributed by atoms with van der Waals surface area (Å²) in [6.45, 7) is 2.40. The summed E-state index contributed by atoms with van der Waals surface area (Å²) in [5, 5.41) is 14.1. The third-order valence-electron chi connectivity index (χ3n) is 3.69. The van der Waals surface area contributed by atoms with Crippen LogP contribution in [0.2, 0.25) is 0 Å². The van der Waals surface area contributed by atoms with Crippen molar-refractivity contribution < 1.29 is 14.7 Å². The average Bonchev–Trinajstić information content (AvgIpc) is 2.94. The topological polar surface area (TPSA) is 85.4 Å². The summed E-state index contributed by atoms with van der Waals surface area (Å²) in [6, 6.07) is 3.82. The number of thiophene rings is 1. The Hall–Kier alpha value is -1.86. The van der Waals surface area contributed by atoms with Crippen molar-refractivity contribution in [1.29, 1.82) is 0 Å². The molecule has 1 fully saturated rings. The number of carboxylic acid groups (broad SMARTS) is 1. The number of carbonyl (C=O) groups is 2. The highest BCUT2D eigenvalue weighted by Crippen LogP contribution is 2.22. The lowest BCUT2D eigenvalue weighted by atomic mass is 10.1. The summed E-state index contributed by atoms with van der Waals surface area (Å²) in [7, 11) is 0. The van der Waals surface area contributed by atoms with Gasteiger partial charge in [0.2, 0.25) is 0 Å². The van der Waals surface area contributed by atoms with Gasteiger partial charge >= 0.3 is 5.97 Å². The molecule has 0 aromatic carbocycles. The highest BCUT2D eigenvalue weighted by Gasteiger charge is 2.25. The molecular weight excluding hydrogens is 290 g/mol. The van der Waals surface area contributed by atoms with Gasteiger partial charge in [-0.15, -0.1) is 11.3 Å². The van der Waals surface area contributed by atoms with Crippen molar-refractivity contribution in [1.82, 2.24) is 15.2 Å². The summed E-state index contributed by atoms with van der Waals surface area (Å²) < 4.78 is 1.06. The number of nitrogens with zero attached hydrogens (tertiary/aromatic N) is 1. The van der Waals surface area contributed by atoms with Crippen molar-refractivity contribution in [2.75, 3.05) is 26.2 Å². The van der Waals surface area contributed by atoms with Crippen LogP contribution >= 0.6 is 11.3 Å². The Morgan fingerprint density at radius 3 is 3.10 bits per heavy atom. The van der Waals surface area contributed by atoms with Crippen LogP contribution in [0, 0.1) is 5.92 Å². The van der Waals surface area contributed by atoms with Crippen molar-refractivity contribution >= 4 is 33.4 Å². The predicted octanol–water partition coefficient (Wildman–Crippen LogP) is 1.37. The van der Waals surface area contributed by atoms with Gasteiger partial charge in [-0.3, -0.25) is 9.59 Å². The molecule has 1 amide bonds. The highest BCUT2D eigenvalue weighted by molar-refractivity contribution is 7.17. The van der Waals surface area contributed by atoms with Crippen molar-refractivity contribution in [3.8, 4) is 0 Å². The van der Waals surface area contributed by atoms with Gasteiger partial charge in [-0.25, -0.2) is 0 Å². The van der Waals surface area contributed by atoms with E-state index in [0.29, 0.717) is 31.9 Å². The second-order valence-electron chi connectivity index (χ2n) is 5.30. The Kier molecular flexibility index (Phi) is 3.94. The fraction of sp³-hybridized carbons (Fsp3) is 0.429. The first kappa shape index (κ1) is 14.1. The number of carbonyl (C=O) groups excluding carboxylic acids is 1. The zero-order valence-corrected chi connectivity index (χ0v) is 12.3. The Balaban J connectivity index is 1.75. The van der Waals surface area contributed by atoms with Crippen LogP contribution in [0.3, 0.4) is 0 Å². The SMILES string of the molecule is O=C(O)CC1CNCCN(C(=O)c2cc3sccc3[nH]2)C1. The van der Waals surface area contributed by atoms with E-state index in [4.69, 9.17) is 5.11 Å². The van der Waals surface area contributed by atoms with Gasteiger partial charge in [0.05, 0.1) is 16.6 Å². The molecule has 0 aliphatic carbocycles. The van der Waals surface area contributed by atoms with Crippen LogP contribution in [0.25, 0.3) is 10.2 Å². The third kappa shape index (κ3) is 3.08. The molecule has 0 saturated carbocycles. The fourth-order valence-corrected chi connectivity index (χ4v) is 3.47. The summed E-state index contributed by atoms with van der Waals surface area (Å²) in [6.07, 6.45) is 0.0800.